The van der Waals surface area contributed by atoms with E-state index in [4.69, 9.17) is 5.73 Å². The fourth-order valence-electron chi connectivity index (χ4n) is 2.45. The van der Waals surface area contributed by atoms with Gasteiger partial charge in [0.25, 0.3) is 0 Å². The molecule has 1 heterocycles. The third-order valence-corrected chi connectivity index (χ3v) is 5.79. The molecule has 1 unspecified atom stereocenters. The van der Waals surface area contributed by atoms with Gasteiger partial charge in [0.1, 0.15) is 0 Å². The fourth-order valence-corrected chi connectivity index (χ4v) is 4.11. The van der Waals surface area contributed by atoms with Crippen LogP contribution in [-0.2, 0) is 22.3 Å². The van der Waals surface area contributed by atoms with Gasteiger partial charge >= 0.3 is 0 Å². The van der Waals surface area contributed by atoms with Gasteiger partial charge in [-0.1, -0.05) is 24.3 Å². The van der Waals surface area contributed by atoms with E-state index in [1.807, 2.05) is 31.3 Å². The predicted molar refractivity (Wildman–Crippen MR) is 80.6 cm³/mol. The molecule has 1 aromatic carbocycles. The summed E-state index contributed by atoms with van der Waals surface area (Å²) in [7, 11) is -1.25. The minimum Gasteiger partial charge on any atom is -0.326 e. The molecular weight excluding hydrogens is 274 g/mol. The SMILES string of the molecule is CC1CN(S(=O)(=O)Cc2ccccc2CN)CCN1C. The minimum absolute atomic E-state index is 0.0385. The summed E-state index contributed by atoms with van der Waals surface area (Å²) in [5.74, 6) is 0.0385. The van der Waals surface area contributed by atoms with Crippen LogP contribution in [-0.4, -0.2) is 50.3 Å². The van der Waals surface area contributed by atoms with E-state index in [0.717, 1.165) is 17.7 Å². The molecule has 0 amide bonds. The Hall–Kier alpha value is -0.950. The monoisotopic (exact) mass is 297 g/mol. The second-order valence-corrected chi connectivity index (χ2v) is 7.39. The van der Waals surface area contributed by atoms with Gasteiger partial charge in [0.15, 0.2) is 0 Å². The average Bonchev–Trinajstić information content (AvgIpc) is 2.42. The van der Waals surface area contributed by atoms with E-state index in [1.54, 1.807) is 4.31 Å². The van der Waals surface area contributed by atoms with Gasteiger partial charge in [-0.05, 0) is 25.1 Å². The molecule has 0 aliphatic carbocycles. The van der Waals surface area contributed by atoms with Crippen LogP contribution in [0.5, 0.6) is 0 Å². The second-order valence-electron chi connectivity index (χ2n) is 5.42. The summed E-state index contributed by atoms with van der Waals surface area (Å²) in [6.07, 6.45) is 0. The van der Waals surface area contributed by atoms with Crippen molar-refractivity contribution < 1.29 is 8.42 Å². The molecule has 1 aliphatic heterocycles. The number of piperazine rings is 1. The number of sulfonamides is 1. The van der Waals surface area contributed by atoms with E-state index in [0.29, 0.717) is 19.6 Å². The maximum absolute atomic E-state index is 12.5. The summed E-state index contributed by atoms with van der Waals surface area (Å²) in [6.45, 7) is 4.32. The van der Waals surface area contributed by atoms with Crippen molar-refractivity contribution in [1.82, 2.24) is 9.21 Å². The van der Waals surface area contributed by atoms with E-state index in [9.17, 15) is 8.42 Å². The maximum Gasteiger partial charge on any atom is 0.218 e. The molecule has 1 fully saturated rings. The van der Waals surface area contributed by atoms with Crippen molar-refractivity contribution in [3.05, 3.63) is 35.4 Å². The van der Waals surface area contributed by atoms with Crippen LogP contribution in [0.1, 0.15) is 18.1 Å². The lowest BCUT2D eigenvalue weighted by atomic mass is 10.1. The van der Waals surface area contributed by atoms with Gasteiger partial charge in [0, 0.05) is 32.2 Å². The van der Waals surface area contributed by atoms with Crippen molar-refractivity contribution in [2.75, 3.05) is 26.7 Å². The van der Waals surface area contributed by atoms with E-state index >= 15 is 0 Å². The quantitative estimate of drug-likeness (QED) is 0.884. The van der Waals surface area contributed by atoms with Gasteiger partial charge in [-0.15, -0.1) is 0 Å². The topological polar surface area (TPSA) is 66.6 Å². The predicted octanol–water partition coefficient (Wildman–Crippen LogP) is 0.611. The van der Waals surface area contributed by atoms with Crippen molar-refractivity contribution in [2.24, 2.45) is 5.73 Å². The first-order valence-electron chi connectivity index (χ1n) is 6.89. The summed E-state index contributed by atoms with van der Waals surface area (Å²) in [5, 5.41) is 0. The maximum atomic E-state index is 12.5. The molecule has 1 atom stereocenters. The lowest BCUT2D eigenvalue weighted by Gasteiger charge is -2.36. The van der Waals surface area contributed by atoms with Gasteiger partial charge in [-0.3, -0.25) is 0 Å². The van der Waals surface area contributed by atoms with Crippen LogP contribution < -0.4 is 5.73 Å². The average molecular weight is 297 g/mol. The highest BCUT2D eigenvalue weighted by molar-refractivity contribution is 7.88. The Bertz CT molecular complexity index is 559. The van der Waals surface area contributed by atoms with Gasteiger partial charge in [-0.2, -0.15) is 4.31 Å². The Morgan fingerprint density at radius 3 is 2.50 bits per heavy atom. The van der Waals surface area contributed by atoms with Crippen LogP contribution in [0.25, 0.3) is 0 Å². The number of nitrogens with two attached hydrogens (primary N) is 1. The first-order chi connectivity index (χ1) is 9.44. The van der Waals surface area contributed by atoms with Crippen molar-refractivity contribution >= 4 is 10.0 Å². The van der Waals surface area contributed by atoms with Crippen LogP contribution in [0, 0.1) is 0 Å². The Labute approximate surface area is 121 Å². The number of rotatable bonds is 4. The van der Waals surface area contributed by atoms with Crippen molar-refractivity contribution in [1.29, 1.82) is 0 Å². The Morgan fingerprint density at radius 1 is 1.25 bits per heavy atom. The summed E-state index contributed by atoms with van der Waals surface area (Å²) >= 11 is 0. The zero-order valence-corrected chi connectivity index (χ0v) is 12.9. The van der Waals surface area contributed by atoms with E-state index < -0.39 is 10.0 Å². The number of hydrogen-bond donors (Lipinski definition) is 1. The van der Waals surface area contributed by atoms with E-state index in [2.05, 4.69) is 11.8 Å². The fraction of sp³-hybridized carbons (Fsp3) is 0.571. The highest BCUT2D eigenvalue weighted by Crippen LogP contribution is 2.18. The van der Waals surface area contributed by atoms with Crippen LogP contribution in [0.3, 0.4) is 0 Å². The van der Waals surface area contributed by atoms with Crippen LogP contribution in [0.2, 0.25) is 0 Å². The lowest BCUT2D eigenvalue weighted by molar-refractivity contribution is 0.159. The molecule has 0 aromatic heterocycles. The molecule has 5 nitrogen and oxygen atoms in total. The molecule has 0 spiro atoms. The second kappa shape index (κ2) is 6.22. The Morgan fingerprint density at radius 2 is 1.90 bits per heavy atom. The molecule has 1 aliphatic rings. The van der Waals surface area contributed by atoms with Gasteiger partial charge in [0.2, 0.25) is 10.0 Å². The van der Waals surface area contributed by atoms with Crippen LogP contribution in [0.15, 0.2) is 24.3 Å². The molecule has 0 saturated carbocycles. The molecule has 1 aromatic rings. The molecule has 2 N–H and O–H groups in total. The standard InChI is InChI=1S/C14H23N3O2S/c1-12-10-17(8-7-16(12)2)20(18,19)11-14-6-4-3-5-13(14)9-15/h3-6,12H,7-11,15H2,1-2H3. The van der Waals surface area contributed by atoms with Crippen molar-refractivity contribution in [3.8, 4) is 0 Å². The smallest absolute Gasteiger partial charge is 0.218 e. The Kier molecular flexibility index (Phi) is 4.80. The zero-order chi connectivity index (χ0) is 14.8. The lowest BCUT2D eigenvalue weighted by Crippen LogP contribution is -2.52. The van der Waals surface area contributed by atoms with Gasteiger partial charge in [0.05, 0.1) is 5.75 Å². The molecule has 1 saturated heterocycles. The molecule has 0 radical (unpaired) electrons. The molecule has 0 bridgehead atoms. The summed E-state index contributed by atoms with van der Waals surface area (Å²) in [5.41, 5.74) is 7.38. The highest BCUT2D eigenvalue weighted by Gasteiger charge is 2.29. The van der Waals surface area contributed by atoms with Gasteiger partial charge < -0.3 is 10.6 Å². The van der Waals surface area contributed by atoms with E-state index in [-0.39, 0.29) is 11.8 Å². The Balaban J connectivity index is 2.15. The number of likely N-dealkylation sites (N-methyl/N-ethyl adjacent to an activating group) is 1. The molecular formula is C14H23N3O2S. The summed E-state index contributed by atoms with van der Waals surface area (Å²) in [6, 6.07) is 7.73. The minimum atomic E-state index is -3.27. The third-order valence-electron chi connectivity index (χ3n) is 3.99. The first-order valence-corrected chi connectivity index (χ1v) is 8.50. The summed E-state index contributed by atoms with van der Waals surface area (Å²) in [4.78, 5) is 2.18. The van der Waals surface area contributed by atoms with E-state index in [1.165, 1.54) is 0 Å². The third kappa shape index (κ3) is 3.38. The summed E-state index contributed by atoms with van der Waals surface area (Å²) < 4.78 is 26.7. The van der Waals surface area contributed by atoms with Crippen LogP contribution in [0.4, 0.5) is 0 Å². The normalized spacial score (nSPS) is 22.1. The molecule has 2 rings (SSSR count). The molecule has 20 heavy (non-hydrogen) atoms. The molecule has 112 valence electrons. The zero-order valence-electron chi connectivity index (χ0n) is 12.1. The number of benzene rings is 1. The largest absolute Gasteiger partial charge is 0.326 e. The molecule has 6 heteroatoms. The van der Waals surface area contributed by atoms with Crippen molar-refractivity contribution in [3.63, 3.8) is 0 Å². The van der Waals surface area contributed by atoms with Crippen molar-refractivity contribution in [2.45, 2.75) is 25.3 Å². The number of hydrogen-bond acceptors (Lipinski definition) is 4. The van der Waals surface area contributed by atoms with Crippen LogP contribution >= 0.6 is 0 Å². The van der Waals surface area contributed by atoms with Gasteiger partial charge in [-0.25, -0.2) is 8.42 Å². The first kappa shape index (κ1) is 15.4. The highest BCUT2D eigenvalue weighted by atomic mass is 32.2. The number of nitrogens with zero attached hydrogens (tertiary/aromatic N) is 2.